The molecule has 4 amide bonds. The molecule has 0 bridgehead atoms. The number of likely N-dealkylation sites (tertiary alicyclic amines) is 1. The van der Waals surface area contributed by atoms with Crippen LogP contribution in [-0.4, -0.2) is 90.3 Å². The molecule has 1 spiro atoms. The van der Waals surface area contributed by atoms with Crippen LogP contribution >= 0.6 is 0 Å². The number of ether oxygens (including phenoxy) is 3. The zero-order chi connectivity index (χ0) is 40.2. The lowest BCUT2D eigenvalue weighted by molar-refractivity contribution is -0.142. The zero-order valence-corrected chi connectivity index (χ0v) is 33.5. The van der Waals surface area contributed by atoms with Crippen molar-refractivity contribution >= 4 is 44.7 Å². The Hall–Kier alpha value is -4.92. The molecule has 1 aromatic heterocycles. The number of carbonyl (C=O) groups excluding carboxylic acids is 4. The molecule has 3 aliphatic carbocycles. The number of hydrogen-bond donors (Lipinski definition) is 3. The smallest absolute Gasteiger partial charge is 0.408 e. The van der Waals surface area contributed by atoms with Gasteiger partial charge in [-0.3, -0.25) is 19.1 Å². The van der Waals surface area contributed by atoms with Crippen molar-refractivity contribution in [3.8, 4) is 22.8 Å². The number of alkyl carbamates (subject to hydrolysis) is 1. The summed E-state index contributed by atoms with van der Waals surface area (Å²) in [6.45, 7) is 8.71. The van der Waals surface area contributed by atoms with Crippen molar-refractivity contribution in [3.63, 3.8) is 0 Å². The summed E-state index contributed by atoms with van der Waals surface area (Å²) in [5.74, 6) is -1.15. The van der Waals surface area contributed by atoms with Crippen LogP contribution in [0.4, 0.5) is 4.79 Å². The van der Waals surface area contributed by atoms with Crippen LogP contribution in [0.1, 0.15) is 79.6 Å². The van der Waals surface area contributed by atoms with E-state index in [2.05, 4.69) is 15.4 Å². The Morgan fingerprint density at radius 1 is 1.00 bits per heavy atom. The van der Waals surface area contributed by atoms with E-state index in [1.54, 1.807) is 47.8 Å². The number of methoxy groups -OCH3 is 1. The van der Waals surface area contributed by atoms with Gasteiger partial charge in [0.05, 0.1) is 30.1 Å². The van der Waals surface area contributed by atoms with E-state index < -0.39 is 79.7 Å². The molecule has 56 heavy (non-hydrogen) atoms. The number of hydrogen-bond acceptors (Lipinski definition) is 10. The number of rotatable bonds is 12. The summed E-state index contributed by atoms with van der Waals surface area (Å²) in [6.07, 6.45) is 2.05. The Bertz CT molecular complexity index is 2150. The number of nitrogens with one attached hydrogen (secondary N) is 3. The van der Waals surface area contributed by atoms with Gasteiger partial charge in [0.1, 0.15) is 40.8 Å². The lowest BCUT2D eigenvalue weighted by Gasteiger charge is -2.35. The second kappa shape index (κ2) is 14.5. The molecule has 3 aromatic rings. The molecule has 2 aromatic carbocycles. The molecule has 3 saturated carbocycles. The first-order valence-corrected chi connectivity index (χ1v) is 20.9. The lowest BCUT2D eigenvalue weighted by Crippen LogP contribution is -2.60. The monoisotopic (exact) mass is 789 g/mol. The Morgan fingerprint density at radius 3 is 2.30 bits per heavy atom. The van der Waals surface area contributed by atoms with Crippen LogP contribution in [0.5, 0.6) is 11.5 Å². The second-order valence-corrected chi connectivity index (χ2v) is 18.9. The molecule has 1 saturated heterocycles. The first kappa shape index (κ1) is 39.3. The Kier molecular flexibility index (Phi) is 10.2. The van der Waals surface area contributed by atoms with E-state index in [0.29, 0.717) is 60.2 Å². The summed E-state index contributed by atoms with van der Waals surface area (Å²) >= 11 is 0. The quantitative estimate of drug-likeness (QED) is 0.230. The molecular weight excluding hydrogens is 739 g/mol. The van der Waals surface area contributed by atoms with Crippen molar-refractivity contribution in [1.82, 2.24) is 25.2 Å². The van der Waals surface area contributed by atoms with Crippen LogP contribution < -0.4 is 24.8 Å². The van der Waals surface area contributed by atoms with Gasteiger partial charge in [0.25, 0.3) is 5.91 Å². The van der Waals surface area contributed by atoms with Crippen molar-refractivity contribution in [2.45, 2.75) is 114 Å². The third-order valence-corrected chi connectivity index (χ3v) is 13.2. The van der Waals surface area contributed by atoms with Crippen LogP contribution in [-0.2, 0) is 29.1 Å². The molecule has 1 unspecified atom stereocenters. The Morgan fingerprint density at radius 2 is 1.71 bits per heavy atom. The van der Waals surface area contributed by atoms with Crippen molar-refractivity contribution in [1.29, 1.82) is 0 Å². The van der Waals surface area contributed by atoms with Crippen molar-refractivity contribution < 1.29 is 41.8 Å². The first-order valence-electron chi connectivity index (χ1n) is 19.3. The van der Waals surface area contributed by atoms with Crippen LogP contribution in [0, 0.1) is 11.3 Å². The molecule has 15 heteroatoms. The Labute approximate surface area is 327 Å². The maximum atomic E-state index is 14.6. The highest BCUT2D eigenvalue weighted by atomic mass is 32.2. The molecule has 4 aliphatic rings. The number of carbonyl (C=O) groups is 4. The molecule has 2 heterocycles. The number of aromatic nitrogens is 1. The average molecular weight is 790 g/mol. The molecule has 1 aliphatic heterocycles. The number of sulfonamides is 1. The first-order chi connectivity index (χ1) is 26.4. The summed E-state index contributed by atoms with van der Waals surface area (Å²) in [5, 5.41) is 5.75. The van der Waals surface area contributed by atoms with Crippen LogP contribution in [0.3, 0.4) is 0 Å². The van der Waals surface area contributed by atoms with E-state index in [0.717, 1.165) is 12.0 Å². The average Bonchev–Trinajstić information content (AvgIpc) is 4.05. The number of benzene rings is 2. The van der Waals surface area contributed by atoms with Gasteiger partial charge in [-0.2, -0.15) is 0 Å². The summed E-state index contributed by atoms with van der Waals surface area (Å²) in [5.41, 5.74) is -0.651. The normalized spacial score (nSPS) is 23.2. The number of amides is 4. The van der Waals surface area contributed by atoms with E-state index in [1.165, 1.54) is 4.90 Å². The van der Waals surface area contributed by atoms with Crippen molar-refractivity contribution in [3.05, 3.63) is 54.6 Å². The van der Waals surface area contributed by atoms with Gasteiger partial charge in [-0.15, -0.1) is 0 Å². The highest BCUT2D eigenvalue weighted by molar-refractivity contribution is 7.91. The van der Waals surface area contributed by atoms with Gasteiger partial charge in [-0.1, -0.05) is 50.6 Å². The minimum Gasteiger partial charge on any atom is -0.497 e. The molecule has 0 radical (unpaired) electrons. The highest BCUT2D eigenvalue weighted by Gasteiger charge is 2.75. The fraction of sp³-hybridized carbons (Fsp3) is 0.537. The SMILES string of the molecule is COc1ccc2c(O[C@@H]3C[C@@H](C(=O)NC4(C(=O)NS(=O)(=O)C5CC5)CC45CCC5)N(C(=O)[C@@H](NC(=O)OC(C)(C)C)C(C)C)C3)cc(-c3ccccc3)nc2c1. The van der Waals surface area contributed by atoms with Crippen molar-refractivity contribution in [2.24, 2.45) is 11.3 Å². The fourth-order valence-electron chi connectivity index (χ4n) is 8.04. The van der Waals surface area contributed by atoms with E-state index in [1.807, 2.05) is 48.5 Å². The topological polar surface area (TPSA) is 182 Å². The van der Waals surface area contributed by atoms with Gasteiger partial charge in [0.2, 0.25) is 21.8 Å². The van der Waals surface area contributed by atoms with Gasteiger partial charge in [-0.25, -0.2) is 18.2 Å². The summed E-state index contributed by atoms with van der Waals surface area (Å²) in [7, 11) is -2.30. The van der Waals surface area contributed by atoms with Crippen molar-refractivity contribution in [2.75, 3.05) is 13.7 Å². The highest BCUT2D eigenvalue weighted by Crippen LogP contribution is 2.68. The summed E-state index contributed by atoms with van der Waals surface area (Å²) in [6, 6.07) is 14.7. The number of fused-ring (bicyclic) bond motifs is 1. The fourth-order valence-corrected chi connectivity index (χ4v) is 9.39. The van der Waals surface area contributed by atoms with Crippen LogP contribution in [0.15, 0.2) is 54.6 Å². The zero-order valence-electron chi connectivity index (χ0n) is 32.7. The van der Waals surface area contributed by atoms with Crippen LogP contribution in [0.2, 0.25) is 0 Å². The van der Waals surface area contributed by atoms with Gasteiger partial charge in [0, 0.05) is 34.9 Å². The lowest BCUT2D eigenvalue weighted by atomic mass is 9.77. The van der Waals surface area contributed by atoms with E-state index in [9.17, 15) is 27.6 Å². The third-order valence-electron chi connectivity index (χ3n) is 11.4. The second-order valence-electron chi connectivity index (χ2n) is 17.0. The van der Waals surface area contributed by atoms with E-state index in [-0.39, 0.29) is 13.0 Å². The van der Waals surface area contributed by atoms with Gasteiger partial charge in [-0.05, 0) is 70.9 Å². The molecule has 4 fully saturated rings. The predicted octanol–water partition coefficient (Wildman–Crippen LogP) is 4.85. The maximum absolute atomic E-state index is 14.6. The molecule has 3 N–H and O–H groups in total. The maximum Gasteiger partial charge on any atom is 0.408 e. The number of nitrogens with zero attached hydrogens (tertiary/aromatic N) is 2. The minimum absolute atomic E-state index is 0.0167. The third kappa shape index (κ3) is 7.74. The predicted molar refractivity (Wildman–Crippen MR) is 208 cm³/mol. The summed E-state index contributed by atoms with van der Waals surface area (Å²) in [4.78, 5) is 62.2. The van der Waals surface area contributed by atoms with Gasteiger partial charge in [0.15, 0.2) is 0 Å². The molecule has 7 rings (SSSR count). The van der Waals surface area contributed by atoms with E-state index >= 15 is 0 Å². The van der Waals surface area contributed by atoms with Crippen LogP contribution in [0.25, 0.3) is 22.2 Å². The molecule has 300 valence electrons. The standard InChI is InChI=1S/C41H51N5O9S/c1-24(2)34(43-38(50)55-39(3,4)5)36(48)46-22-27(54-33-21-30(25-11-8-7-9-12-25)42-31-19-26(53-6)13-16-29(31)33)20-32(46)35(47)44-41(23-40(41)17-10-18-40)37(49)45-56(51,52)28-14-15-28/h7-9,11-13,16,19,21,24,27-28,32,34H,10,14-15,17-18,20,22-23H2,1-6H3,(H,43,50)(H,44,47)(H,45,49)/t27-,32+,34+,41?/m1/s1. The minimum atomic E-state index is -3.88. The van der Waals surface area contributed by atoms with Gasteiger partial charge < -0.3 is 29.7 Å². The largest absolute Gasteiger partial charge is 0.497 e. The Balaban J connectivity index is 1.21. The molecule has 4 atom stereocenters. The molecular formula is C41H51N5O9S. The number of pyridine rings is 1. The van der Waals surface area contributed by atoms with E-state index in [4.69, 9.17) is 19.2 Å². The molecule has 14 nitrogen and oxygen atoms in total. The summed E-state index contributed by atoms with van der Waals surface area (Å²) < 4.78 is 45.7. The van der Waals surface area contributed by atoms with Gasteiger partial charge >= 0.3 is 6.09 Å².